The van der Waals surface area contributed by atoms with Gasteiger partial charge in [0.1, 0.15) is 0 Å². The molecule has 1 aromatic carbocycles. The Morgan fingerprint density at radius 1 is 1.40 bits per heavy atom. The average Bonchev–Trinajstić information content (AvgIpc) is 3.01. The van der Waals surface area contributed by atoms with E-state index < -0.39 is 0 Å². The Morgan fingerprint density at radius 3 is 2.92 bits per heavy atom. The van der Waals surface area contributed by atoms with Crippen molar-refractivity contribution in [2.24, 2.45) is 10.2 Å². The molecule has 0 saturated carbocycles. The van der Waals surface area contributed by atoms with Crippen molar-refractivity contribution in [2.45, 2.75) is 13.3 Å². The third-order valence-electron chi connectivity index (χ3n) is 3.00. The van der Waals surface area contributed by atoms with Gasteiger partial charge in [-0.25, -0.2) is 0 Å². The van der Waals surface area contributed by atoms with Crippen LogP contribution in [0.2, 0.25) is 0 Å². The normalized spacial score (nSPS) is 15.4. The molecule has 1 aliphatic heterocycles. The smallest absolute Gasteiger partial charge is 0.309 e. The first-order valence-electron chi connectivity index (χ1n) is 7.62. The first kappa shape index (κ1) is 18.8. The number of rotatable bonds is 8. The van der Waals surface area contributed by atoms with Crippen LogP contribution in [0.5, 0.6) is 11.5 Å². The zero-order valence-electron chi connectivity index (χ0n) is 14.0. The standard InChI is InChI=1S/C16H19N3O5S/c1-3-23-15(21)6-7-24-13-8-11(4-5-12(13)22-2)9-17-19-16-18-14(20)10-25-16/h4-5,8-9H,3,6-7,10H2,1-2H3,(H,18,19,20). The number of amides is 1. The molecular formula is C16H19N3O5S. The molecule has 9 heteroatoms. The molecule has 0 spiro atoms. The second-order valence-corrected chi connectivity index (χ2v) is 5.76. The fourth-order valence-corrected chi connectivity index (χ4v) is 2.52. The lowest BCUT2D eigenvalue weighted by Crippen LogP contribution is -2.19. The molecule has 1 fully saturated rings. The summed E-state index contributed by atoms with van der Waals surface area (Å²) < 4.78 is 15.7. The minimum atomic E-state index is -0.314. The van der Waals surface area contributed by atoms with E-state index in [1.54, 1.807) is 25.1 Å². The molecule has 0 bridgehead atoms. The second kappa shape index (κ2) is 9.67. The third kappa shape index (κ3) is 6.11. The predicted octanol–water partition coefficient (Wildman–Crippen LogP) is 1.58. The number of nitrogens with one attached hydrogen (secondary N) is 1. The maximum atomic E-state index is 11.3. The molecule has 1 amide bonds. The molecule has 1 N–H and O–H groups in total. The van der Waals surface area contributed by atoms with Gasteiger partial charge >= 0.3 is 5.97 Å². The number of carbonyl (C=O) groups excluding carboxylic acids is 2. The van der Waals surface area contributed by atoms with Gasteiger partial charge in [-0.3, -0.25) is 9.59 Å². The van der Waals surface area contributed by atoms with Crippen LogP contribution in [-0.4, -0.2) is 49.3 Å². The number of ether oxygens (including phenoxy) is 3. The van der Waals surface area contributed by atoms with Crippen molar-refractivity contribution < 1.29 is 23.8 Å². The van der Waals surface area contributed by atoms with Gasteiger partial charge in [-0.15, -0.1) is 5.10 Å². The lowest BCUT2D eigenvalue weighted by atomic mass is 10.2. The highest BCUT2D eigenvalue weighted by Crippen LogP contribution is 2.27. The summed E-state index contributed by atoms with van der Waals surface area (Å²) >= 11 is 1.30. The minimum Gasteiger partial charge on any atom is -0.493 e. The molecule has 0 atom stereocenters. The first-order valence-corrected chi connectivity index (χ1v) is 8.61. The van der Waals surface area contributed by atoms with Gasteiger partial charge in [0.05, 0.1) is 38.7 Å². The Kier molecular flexibility index (Phi) is 7.27. The topological polar surface area (TPSA) is 98.6 Å². The molecule has 0 aromatic heterocycles. The Labute approximate surface area is 149 Å². The van der Waals surface area contributed by atoms with Gasteiger partial charge < -0.3 is 19.5 Å². The van der Waals surface area contributed by atoms with Crippen molar-refractivity contribution in [3.63, 3.8) is 0 Å². The van der Waals surface area contributed by atoms with E-state index in [0.717, 1.165) is 5.56 Å². The summed E-state index contributed by atoms with van der Waals surface area (Å²) in [5.41, 5.74) is 0.741. The van der Waals surface area contributed by atoms with Gasteiger partial charge in [-0.1, -0.05) is 11.8 Å². The lowest BCUT2D eigenvalue weighted by molar-refractivity contribution is -0.143. The predicted molar refractivity (Wildman–Crippen MR) is 95.4 cm³/mol. The number of benzene rings is 1. The van der Waals surface area contributed by atoms with Gasteiger partial charge in [-0.2, -0.15) is 5.10 Å². The van der Waals surface area contributed by atoms with Crippen LogP contribution in [0, 0.1) is 0 Å². The highest BCUT2D eigenvalue weighted by atomic mass is 32.2. The monoisotopic (exact) mass is 365 g/mol. The number of thioether (sulfide) groups is 1. The van der Waals surface area contributed by atoms with Gasteiger partial charge in [0.2, 0.25) is 5.91 Å². The van der Waals surface area contributed by atoms with Crippen molar-refractivity contribution >= 4 is 35.0 Å². The Balaban J connectivity index is 1.98. The molecule has 8 nitrogen and oxygen atoms in total. The van der Waals surface area contributed by atoms with Crippen LogP contribution in [0.3, 0.4) is 0 Å². The zero-order valence-corrected chi connectivity index (χ0v) is 14.8. The van der Waals surface area contributed by atoms with Crippen LogP contribution in [0.1, 0.15) is 18.9 Å². The van der Waals surface area contributed by atoms with E-state index in [1.807, 2.05) is 0 Å². The first-order chi connectivity index (χ1) is 12.1. The summed E-state index contributed by atoms with van der Waals surface area (Å²) in [6.07, 6.45) is 1.69. The van der Waals surface area contributed by atoms with E-state index in [4.69, 9.17) is 14.2 Å². The number of methoxy groups -OCH3 is 1. The molecule has 25 heavy (non-hydrogen) atoms. The molecule has 1 aromatic rings. The maximum Gasteiger partial charge on any atom is 0.309 e. The summed E-state index contributed by atoms with van der Waals surface area (Å²) in [5.74, 6) is 1.000. The van der Waals surface area contributed by atoms with E-state index in [0.29, 0.717) is 29.0 Å². The summed E-state index contributed by atoms with van der Waals surface area (Å²) in [7, 11) is 1.53. The molecule has 1 saturated heterocycles. The zero-order chi connectivity index (χ0) is 18.1. The van der Waals surface area contributed by atoms with Crippen molar-refractivity contribution in [3.05, 3.63) is 23.8 Å². The van der Waals surface area contributed by atoms with Crippen LogP contribution in [0.25, 0.3) is 0 Å². The molecule has 1 aliphatic rings. The molecule has 2 rings (SSSR count). The van der Waals surface area contributed by atoms with E-state index >= 15 is 0 Å². The fourth-order valence-electron chi connectivity index (χ4n) is 1.89. The highest BCUT2D eigenvalue weighted by Gasteiger charge is 2.16. The molecule has 0 aliphatic carbocycles. The van der Waals surface area contributed by atoms with Crippen LogP contribution < -0.4 is 14.8 Å². The number of esters is 1. The van der Waals surface area contributed by atoms with Crippen molar-refractivity contribution in [3.8, 4) is 11.5 Å². The van der Waals surface area contributed by atoms with Crippen LogP contribution in [-0.2, 0) is 14.3 Å². The SMILES string of the molecule is CCOC(=O)CCOc1cc(C=NN=C2NC(=O)CS2)ccc1OC. The van der Waals surface area contributed by atoms with E-state index in [9.17, 15) is 9.59 Å². The molecular weight excluding hydrogens is 346 g/mol. The molecule has 0 radical (unpaired) electrons. The Bertz CT molecular complexity index is 690. The second-order valence-electron chi connectivity index (χ2n) is 4.80. The third-order valence-corrected chi connectivity index (χ3v) is 3.86. The van der Waals surface area contributed by atoms with Gasteiger partial charge in [0.25, 0.3) is 0 Å². The van der Waals surface area contributed by atoms with Gasteiger partial charge in [0.15, 0.2) is 16.7 Å². The minimum absolute atomic E-state index is 0.0827. The summed E-state index contributed by atoms with van der Waals surface area (Å²) in [6, 6.07) is 5.26. The Morgan fingerprint density at radius 2 is 2.24 bits per heavy atom. The number of nitrogens with zero attached hydrogens (tertiary/aromatic N) is 2. The molecule has 134 valence electrons. The summed E-state index contributed by atoms with van der Waals surface area (Å²) in [4.78, 5) is 22.4. The highest BCUT2D eigenvalue weighted by molar-refractivity contribution is 8.15. The van der Waals surface area contributed by atoms with Crippen LogP contribution >= 0.6 is 11.8 Å². The number of amidine groups is 1. The van der Waals surface area contributed by atoms with Crippen LogP contribution in [0.4, 0.5) is 0 Å². The van der Waals surface area contributed by atoms with Gasteiger partial charge in [-0.05, 0) is 30.7 Å². The van der Waals surface area contributed by atoms with E-state index in [2.05, 4.69) is 15.5 Å². The van der Waals surface area contributed by atoms with Crippen molar-refractivity contribution in [2.75, 3.05) is 26.1 Å². The quantitative estimate of drug-likeness (QED) is 0.427. The van der Waals surface area contributed by atoms with Gasteiger partial charge in [0, 0.05) is 0 Å². The molecule has 1 heterocycles. The summed E-state index contributed by atoms with van der Waals surface area (Å²) in [6.45, 7) is 2.28. The number of hydrogen-bond donors (Lipinski definition) is 1. The fraction of sp³-hybridized carbons (Fsp3) is 0.375. The Hall–Kier alpha value is -2.55. The summed E-state index contributed by atoms with van der Waals surface area (Å²) in [5, 5.41) is 10.9. The average molecular weight is 365 g/mol. The van der Waals surface area contributed by atoms with E-state index in [-0.39, 0.29) is 24.9 Å². The largest absolute Gasteiger partial charge is 0.493 e. The lowest BCUT2D eigenvalue weighted by Gasteiger charge is -2.11. The van der Waals surface area contributed by atoms with E-state index in [1.165, 1.54) is 25.1 Å². The maximum absolute atomic E-state index is 11.3. The number of carbonyl (C=O) groups is 2. The van der Waals surface area contributed by atoms with Crippen LogP contribution in [0.15, 0.2) is 28.4 Å². The molecule has 0 unspecified atom stereocenters. The van der Waals surface area contributed by atoms with Crippen molar-refractivity contribution in [1.29, 1.82) is 0 Å². The van der Waals surface area contributed by atoms with Crippen molar-refractivity contribution in [1.82, 2.24) is 5.32 Å². The number of hydrogen-bond acceptors (Lipinski definition) is 8.